The van der Waals surface area contributed by atoms with Crippen LogP contribution in [0.4, 0.5) is 0 Å². The van der Waals surface area contributed by atoms with Gasteiger partial charge >= 0.3 is 0 Å². The molecule has 1 N–H and O–H groups in total. The predicted molar refractivity (Wildman–Crippen MR) is 74.9 cm³/mol. The first-order chi connectivity index (χ1) is 9.19. The normalized spacial score (nSPS) is 11.9. The van der Waals surface area contributed by atoms with Gasteiger partial charge < -0.3 is 14.6 Å². The number of halogens is 1. The van der Waals surface area contributed by atoms with E-state index in [4.69, 9.17) is 21.1 Å². The van der Waals surface area contributed by atoms with Gasteiger partial charge in [-0.05, 0) is 42.0 Å². The molecule has 0 bridgehead atoms. The highest BCUT2D eigenvalue weighted by atomic mass is 35.5. The van der Waals surface area contributed by atoms with Crippen molar-refractivity contribution in [3.63, 3.8) is 0 Å². The van der Waals surface area contributed by atoms with Crippen LogP contribution < -0.4 is 9.47 Å². The van der Waals surface area contributed by atoms with Crippen LogP contribution in [0.2, 0.25) is 5.02 Å². The molecule has 1 unspecified atom stereocenters. The van der Waals surface area contributed by atoms with Crippen LogP contribution in [0.1, 0.15) is 11.7 Å². The maximum atomic E-state index is 10.0. The molecular formula is C15H15ClO3. The molecule has 0 aliphatic heterocycles. The van der Waals surface area contributed by atoms with Crippen LogP contribution in [0, 0.1) is 0 Å². The minimum atomic E-state index is -0.679. The minimum absolute atomic E-state index is 0.188. The van der Waals surface area contributed by atoms with E-state index in [0.717, 1.165) is 11.3 Å². The Kier molecular flexibility index (Phi) is 4.66. The summed E-state index contributed by atoms with van der Waals surface area (Å²) in [5, 5.41) is 10.7. The molecule has 1 atom stereocenters. The van der Waals surface area contributed by atoms with Crippen molar-refractivity contribution in [3.05, 3.63) is 59.1 Å². The van der Waals surface area contributed by atoms with Gasteiger partial charge in [-0.15, -0.1) is 0 Å². The zero-order valence-corrected chi connectivity index (χ0v) is 11.3. The molecule has 0 radical (unpaired) electrons. The lowest BCUT2D eigenvalue weighted by atomic mass is 10.1. The summed E-state index contributed by atoms with van der Waals surface area (Å²) in [6.07, 6.45) is -0.679. The average molecular weight is 279 g/mol. The molecule has 0 aromatic heterocycles. The number of aliphatic hydroxyl groups excluding tert-OH is 1. The monoisotopic (exact) mass is 278 g/mol. The van der Waals surface area contributed by atoms with Gasteiger partial charge in [-0.25, -0.2) is 0 Å². The van der Waals surface area contributed by atoms with E-state index in [9.17, 15) is 5.11 Å². The molecule has 2 aromatic carbocycles. The highest BCUT2D eigenvalue weighted by molar-refractivity contribution is 6.30. The summed E-state index contributed by atoms with van der Waals surface area (Å²) in [5.41, 5.74) is 0.787. The minimum Gasteiger partial charge on any atom is -0.497 e. The lowest BCUT2D eigenvalue weighted by molar-refractivity contribution is 0.108. The van der Waals surface area contributed by atoms with E-state index in [1.54, 1.807) is 43.5 Å². The summed E-state index contributed by atoms with van der Waals surface area (Å²) < 4.78 is 10.6. The fourth-order valence-corrected chi connectivity index (χ4v) is 1.75. The van der Waals surface area contributed by atoms with E-state index in [1.165, 1.54) is 0 Å². The first kappa shape index (κ1) is 13.7. The highest BCUT2D eigenvalue weighted by Gasteiger charge is 2.08. The van der Waals surface area contributed by atoms with Gasteiger partial charge in [0.1, 0.15) is 24.2 Å². The molecule has 0 spiro atoms. The number of aliphatic hydroxyl groups is 1. The van der Waals surface area contributed by atoms with Gasteiger partial charge in [0.15, 0.2) is 0 Å². The largest absolute Gasteiger partial charge is 0.497 e. The smallest absolute Gasteiger partial charge is 0.119 e. The van der Waals surface area contributed by atoms with E-state index in [0.29, 0.717) is 10.8 Å². The number of benzene rings is 2. The van der Waals surface area contributed by atoms with E-state index < -0.39 is 6.10 Å². The summed E-state index contributed by atoms with van der Waals surface area (Å²) in [5.74, 6) is 1.44. The fraction of sp³-hybridized carbons (Fsp3) is 0.200. The second-order valence-corrected chi connectivity index (χ2v) is 4.49. The lowest BCUT2D eigenvalue weighted by Gasteiger charge is -2.13. The molecule has 100 valence electrons. The van der Waals surface area contributed by atoms with Crippen molar-refractivity contribution in [1.29, 1.82) is 0 Å². The summed E-state index contributed by atoms with van der Waals surface area (Å²) in [7, 11) is 1.61. The van der Waals surface area contributed by atoms with Crippen LogP contribution in [-0.2, 0) is 0 Å². The summed E-state index contributed by atoms with van der Waals surface area (Å²) in [6.45, 7) is 0.188. The van der Waals surface area contributed by atoms with Gasteiger partial charge in [-0.3, -0.25) is 0 Å². The molecule has 0 saturated carbocycles. The molecule has 4 heteroatoms. The van der Waals surface area contributed by atoms with Crippen LogP contribution >= 0.6 is 11.6 Å². The Balaban J connectivity index is 1.93. The molecule has 0 aliphatic rings. The van der Waals surface area contributed by atoms with Gasteiger partial charge in [-0.1, -0.05) is 23.7 Å². The van der Waals surface area contributed by atoms with Crippen LogP contribution in [-0.4, -0.2) is 18.8 Å². The second-order valence-electron chi connectivity index (χ2n) is 4.05. The highest BCUT2D eigenvalue weighted by Crippen LogP contribution is 2.20. The Morgan fingerprint density at radius 1 is 1.00 bits per heavy atom. The zero-order valence-electron chi connectivity index (χ0n) is 10.5. The molecule has 3 nitrogen and oxygen atoms in total. The SMILES string of the molecule is COc1ccc(C(O)COc2ccc(Cl)cc2)cc1. The lowest BCUT2D eigenvalue weighted by Crippen LogP contribution is -2.09. The summed E-state index contributed by atoms with van der Waals surface area (Å²) in [4.78, 5) is 0. The Morgan fingerprint density at radius 2 is 1.58 bits per heavy atom. The molecule has 0 amide bonds. The number of methoxy groups -OCH3 is 1. The molecule has 0 aliphatic carbocycles. The average Bonchev–Trinajstić information content (AvgIpc) is 2.46. The van der Waals surface area contributed by atoms with Crippen molar-refractivity contribution in [2.45, 2.75) is 6.10 Å². The van der Waals surface area contributed by atoms with Crippen molar-refractivity contribution in [3.8, 4) is 11.5 Å². The molecule has 0 heterocycles. The van der Waals surface area contributed by atoms with Gasteiger partial charge in [-0.2, -0.15) is 0 Å². The third-order valence-electron chi connectivity index (χ3n) is 2.72. The molecule has 19 heavy (non-hydrogen) atoms. The summed E-state index contributed by atoms with van der Waals surface area (Å²) in [6, 6.07) is 14.3. The standard InChI is InChI=1S/C15H15ClO3/c1-18-13-6-2-11(3-7-13)15(17)10-19-14-8-4-12(16)5-9-14/h2-9,15,17H,10H2,1H3. The van der Waals surface area contributed by atoms with Gasteiger partial charge in [0.05, 0.1) is 7.11 Å². The number of ether oxygens (including phenoxy) is 2. The Hall–Kier alpha value is -1.71. The molecule has 0 saturated heterocycles. The third kappa shape index (κ3) is 3.88. The molecule has 0 fully saturated rings. The van der Waals surface area contributed by atoms with Gasteiger partial charge in [0.2, 0.25) is 0 Å². The van der Waals surface area contributed by atoms with Crippen LogP contribution in [0.15, 0.2) is 48.5 Å². The third-order valence-corrected chi connectivity index (χ3v) is 2.97. The zero-order chi connectivity index (χ0) is 13.7. The topological polar surface area (TPSA) is 38.7 Å². The Labute approximate surface area is 117 Å². The maximum absolute atomic E-state index is 10.0. The second kappa shape index (κ2) is 6.45. The molecular weight excluding hydrogens is 264 g/mol. The van der Waals surface area contributed by atoms with E-state index >= 15 is 0 Å². The fourth-order valence-electron chi connectivity index (χ4n) is 1.63. The predicted octanol–water partition coefficient (Wildman–Crippen LogP) is 3.46. The van der Waals surface area contributed by atoms with Crippen LogP contribution in [0.25, 0.3) is 0 Å². The van der Waals surface area contributed by atoms with E-state index in [1.807, 2.05) is 12.1 Å². The first-order valence-electron chi connectivity index (χ1n) is 5.89. The quantitative estimate of drug-likeness (QED) is 0.910. The number of rotatable bonds is 5. The summed E-state index contributed by atoms with van der Waals surface area (Å²) >= 11 is 5.78. The van der Waals surface area contributed by atoms with Crippen molar-refractivity contribution < 1.29 is 14.6 Å². The van der Waals surface area contributed by atoms with Crippen molar-refractivity contribution >= 4 is 11.6 Å². The Morgan fingerprint density at radius 3 is 2.16 bits per heavy atom. The number of hydrogen-bond acceptors (Lipinski definition) is 3. The molecule has 2 aromatic rings. The first-order valence-corrected chi connectivity index (χ1v) is 6.27. The Bertz CT molecular complexity index is 508. The van der Waals surface area contributed by atoms with Crippen molar-refractivity contribution in [2.75, 3.05) is 13.7 Å². The van der Waals surface area contributed by atoms with Gasteiger partial charge in [0.25, 0.3) is 0 Å². The maximum Gasteiger partial charge on any atom is 0.119 e. The molecule has 2 rings (SSSR count). The number of hydrogen-bond donors (Lipinski definition) is 1. The van der Waals surface area contributed by atoms with Crippen molar-refractivity contribution in [2.24, 2.45) is 0 Å². The van der Waals surface area contributed by atoms with Crippen LogP contribution in [0.5, 0.6) is 11.5 Å². The van der Waals surface area contributed by atoms with E-state index in [-0.39, 0.29) is 6.61 Å². The van der Waals surface area contributed by atoms with Gasteiger partial charge in [0, 0.05) is 5.02 Å². The van der Waals surface area contributed by atoms with E-state index in [2.05, 4.69) is 0 Å². The van der Waals surface area contributed by atoms with Crippen LogP contribution in [0.3, 0.4) is 0 Å². The van der Waals surface area contributed by atoms with Crippen molar-refractivity contribution in [1.82, 2.24) is 0 Å².